The SMILES string of the molecule is CN(C)/C=C(\C#N)C1CC1.N=C(N)c1nn(Cc2ccccc2F)c2ncccc12.Nc1nc(-c2nn(Cc3ccccc3F)c3ncccc23)ncc1C1CC1.[2HH]. The van der Waals surface area contributed by atoms with Gasteiger partial charge >= 0.3 is 0 Å². The molecular weight excluding hydrogens is 725 g/mol. The largest absolute Gasteiger partial charge is 0.383 e. The van der Waals surface area contributed by atoms with E-state index in [1.54, 1.807) is 76.5 Å². The van der Waals surface area contributed by atoms with E-state index in [0.717, 1.165) is 29.4 Å². The van der Waals surface area contributed by atoms with Gasteiger partial charge in [0.2, 0.25) is 0 Å². The second kappa shape index (κ2) is 16.7. The van der Waals surface area contributed by atoms with Gasteiger partial charge in [0.05, 0.1) is 29.9 Å². The summed E-state index contributed by atoms with van der Waals surface area (Å²) in [7, 11) is 3.89. The Kier molecular flexibility index (Phi) is 11.2. The monoisotopic (exact) mass is 768 g/mol. The third-order valence-electron chi connectivity index (χ3n) is 9.45. The van der Waals surface area contributed by atoms with E-state index in [1.165, 1.54) is 25.0 Å². The second-order valence-corrected chi connectivity index (χ2v) is 14.1. The van der Waals surface area contributed by atoms with Crippen LogP contribution < -0.4 is 11.5 Å². The normalized spacial score (nSPS) is 13.6. The van der Waals surface area contributed by atoms with E-state index < -0.39 is 0 Å². The van der Waals surface area contributed by atoms with Gasteiger partial charge in [-0.2, -0.15) is 15.5 Å². The van der Waals surface area contributed by atoms with Gasteiger partial charge in [0.1, 0.15) is 34.7 Å². The first kappa shape index (κ1) is 38.2. The van der Waals surface area contributed by atoms with Crippen LogP contribution in [0, 0.1) is 34.3 Å². The number of hydrogen-bond donors (Lipinski definition) is 3. The van der Waals surface area contributed by atoms with E-state index in [0.29, 0.717) is 62.7 Å². The molecule has 0 bridgehead atoms. The summed E-state index contributed by atoms with van der Waals surface area (Å²) >= 11 is 0. The Bertz CT molecular complexity index is 2640. The molecule has 0 unspecified atom stereocenters. The van der Waals surface area contributed by atoms with Crippen LogP contribution in [0.5, 0.6) is 0 Å². The molecular formula is C42H43F2N13. The molecule has 2 aromatic carbocycles. The number of hydrogen-bond acceptors (Lipinski definition) is 10. The lowest BCUT2D eigenvalue weighted by Crippen LogP contribution is -2.13. The molecule has 0 radical (unpaired) electrons. The van der Waals surface area contributed by atoms with E-state index in [2.05, 4.69) is 36.2 Å². The fourth-order valence-corrected chi connectivity index (χ4v) is 6.30. The van der Waals surface area contributed by atoms with Crippen molar-refractivity contribution in [3.63, 3.8) is 0 Å². The number of pyridine rings is 2. The van der Waals surface area contributed by atoms with Crippen molar-refractivity contribution in [2.75, 3.05) is 19.8 Å². The van der Waals surface area contributed by atoms with E-state index in [4.69, 9.17) is 22.1 Å². The van der Waals surface area contributed by atoms with Crippen LogP contribution in [0.15, 0.2) is 103 Å². The maximum Gasteiger partial charge on any atom is 0.182 e. The molecule has 0 amide bonds. The van der Waals surface area contributed by atoms with Gasteiger partial charge in [-0.3, -0.25) is 5.41 Å². The summed E-state index contributed by atoms with van der Waals surface area (Å²) in [6.07, 6.45) is 11.7. The van der Waals surface area contributed by atoms with Crippen molar-refractivity contribution in [1.82, 2.24) is 44.4 Å². The van der Waals surface area contributed by atoms with Gasteiger partial charge < -0.3 is 16.4 Å². The number of nitrogen functional groups attached to an aromatic ring is 2. The van der Waals surface area contributed by atoms with Gasteiger partial charge in [-0.15, -0.1) is 0 Å². The topological polar surface area (TPSA) is 190 Å². The number of nitrogens with one attached hydrogen (secondary N) is 1. The lowest BCUT2D eigenvalue weighted by atomic mass is 10.2. The van der Waals surface area contributed by atoms with E-state index in [9.17, 15) is 8.78 Å². The number of benzene rings is 2. The Labute approximate surface area is 329 Å². The quantitative estimate of drug-likeness (QED) is 0.0780. The summed E-state index contributed by atoms with van der Waals surface area (Å²) in [4.78, 5) is 19.6. The van der Waals surface area contributed by atoms with Gasteiger partial charge in [0, 0.05) is 62.6 Å². The minimum atomic E-state index is -0.295. The van der Waals surface area contributed by atoms with Gasteiger partial charge in [0.15, 0.2) is 17.1 Å². The number of amidine groups is 1. The van der Waals surface area contributed by atoms with Crippen molar-refractivity contribution >= 4 is 33.7 Å². The van der Waals surface area contributed by atoms with Crippen molar-refractivity contribution in [3.8, 4) is 17.6 Å². The highest BCUT2D eigenvalue weighted by Gasteiger charge is 2.28. The maximum atomic E-state index is 14.1. The maximum absolute atomic E-state index is 14.1. The number of anilines is 1. The molecule has 13 nitrogen and oxygen atoms in total. The molecule has 15 heteroatoms. The fourth-order valence-electron chi connectivity index (χ4n) is 6.30. The standard InChI is InChI=1S/C20H17FN6.C14H12FN5.C8H12N2.H2/c21-16-6-2-1-4-13(16)11-27-20-14(5-3-9-23-20)17(26-27)19-24-10-15(12-7-8-12)18(22)25-19;15-11-6-2-1-4-9(11)8-20-14-10(5-3-7-18-14)12(19-20)13(16)17;1-10(2)6-8(5-9)7-3-4-7;/h1-6,9-10,12H,7-8,11H2,(H2,22,24,25);1-7H,8H2,(H3,16,17);6-7H,3-4H2,1-2H3;1H/b;;8-6+;/i;;;1+1. The van der Waals surface area contributed by atoms with Crippen LogP contribution in [-0.4, -0.2) is 64.3 Å². The number of allylic oxidation sites excluding steroid dienone is 1. The molecule has 0 spiro atoms. The molecule has 5 heterocycles. The Balaban J connectivity index is 0.000000161. The summed E-state index contributed by atoms with van der Waals surface area (Å²) in [6.45, 7) is 0.517. The Morgan fingerprint density at radius 1 is 0.860 bits per heavy atom. The average molecular weight is 769 g/mol. The number of rotatable bonds is 9. The van der Waals surface area contributed by atoms with Crippen LogP contribution in [0.3, 0.4) is 0 Å². The summed E-state index contributed by atoms with van der Waals surface area (Å²) < 4.78 is 31.0. The van der Waals surface area contributed by atoms with Crippen molar-refractivity contribution < 1.29 is 10.2 Å². The molecule has 2 saturated carbocycles. The molecule has 0 aliphatic heterocycles. The number of fused-ring (bicyclic) bond motifs is 2. The van der Waals surface area contributed by atoms with Crippen LogP contribution in [0.4, 0.5) is 14.6 Å². The Morgan fingerprint density at radius 3 is 1.96 bits per heavy atom. The summed E-state index contributed by atoms with van der Waals surface area (Å²) in [6, 6.07) is 22.7. The predicted octanol–water partition coefficient (Wildman–Crippen LogP) is 7.05. The molecule has 57 heavy (non-hydrogen) atoms. The highest BCUT2D eigenvalue weighted by atomic mass is 19.1. The second-order valence-electron chi connectivity index (χ2n) is 14.1. The van der Waals surface area contributed by atoms with Gasteiger partial charge in [0.25, 0.3) is 0 Å². The lowest BCUT2D eigenvalue weighted by molar-refractivity contribution is 0.556. The van der Waals surface area contributed by atoms with Crippen LogP contribution in [-0.2, 0) is 13.1 Å². The molecule has 0 saturated heterocycles. The summed E-state index contributed by atoms with van der Waals surface area (Å²) in [5.41, 5.74) is 16.9. The van der Waals surface area contributed by atoms with Crippen molar-refractivity contribution in [3.05, 3.63) is 137 Å². The first-order chi connectivity index (χ1) is 27.6. The first-order valence-electron chi connectivity index (χ1n) is 18.5. The zero-order valence-corrected chi connectivity index (χ0v) is 31.5. The van der Waals surface area contributed by atoms with Crippen molar-refractivity contribution in [2.45, 2.75) is 44.7 Å². The third-order valence-corrected chi connectivity index (χ3v) is 9.45. The number of nitrogens with two attached hydrogens (primary N) is 2. The number of nitrogens with zero attached hydrogens (tertiary/aromatic N) is 10. The molecule has 2 fully saturated rings. The molecule has 5 N–H and O–H groups in total. The lowest BCUT2D eigenvalue weighted by Gasteiger charge is -2.05. The number of halogens is 2. The number of nitriles is 1. The molecule has 2 aliphatic carbocycles. The van der Waals surface area contributed by atoms with Crippen molar-refractivity contribution in [1.29, 1.82) is 10.7 Å². The molecule has 5 aromatic heterocycles. The van der Waals surface area contributed by atoms with Gasteiger partial charge in [-0.1, -0.05) is 36.4 Å². The van der Waals surface area contributed by atoms with Gasteiger partial charge in [-0.25, -0.2) is 38.1 Å². The highest BCUT2D eigenvalue weighted by Crippen LogP contribution is 2.42. The van der Waals surface area contributed by atoms with Crippen LogP contribution in [0.2, 0.25) is 0 Å². The number of aromatic nitrogens is 8. The zero-order valence-electron chi connectivity index (χ0n) is 31.5. The van der Waals surface area contributed by atoms with E-state index >= 15 is 0 Å². The molecule has 2 aliphatic rings. The molecule has 290 valence electrons. The van der Waals surface area contributed by atoms with E-state index in [-0.39, 0.29) is 32.0 Å². The average Bonchev–Trinajstić information content (AvgIpc) is 4.16. The van der Waals surface area contributed by atoms with Crippen LogP contribution in [0.1, 0.15) is 55.4 Å². The molecule has 7 aromatic rings. The summed E-state index contributed by atoms with van der Waals surface area (Å²) in [5.74, 6) is 1.33. The molecule has 9 rings (SSSR count). The minimum absolute atomic E-state index is 0. The minimum Gasteiger partial charge on any atom is -0.383 e. The summed E-state index contributed by atoms with van der Waals surface area (Å²) in [5, 5.41) is 26.6. The first-order valence-corrected chi connectivity index (χ1v) is 18.5. The van der Waals surface area contributed by atoms with Crippen LogP contribution >= 0.6 is 0 Å². The molecule has 0 atom stereocenters. The van der Waals surface area contributed by atoms with Crippen molar-refractivity contribution in [2.24, 2.45) is 11.7 Å². The highest BCUT2D eigenvalue weighted by molar-refractivity contribution is 6.04. The smallest absolute Gasteiger partial charge is 0.182 e. The third kappa shape index (κ3) is 8.91. The van der Waals surface area contributed by atoms with Gasteiger partial charge in [-0.05, 0) is 73.9 Å². The van der Waals surface area contributed by atoms with Crippen LogP contribution in [0.25, 0.3) is 33.6 Å². The predicted molar refractivity (Wildman–Crippen MR) is 217 cm³/mol. The Morgan fingerprint density at radius 2 is 1.44 bits per heavy atom. The Hall–Kier alpha value is -7.08. The fraction of sp³-hybridized carbons (Fsp3) is 0.238. The zero-order chi connectivity index (χ0) is 40.1. The van der Waals surface area contributed by atoms with E-state index in [1.807, 2.05) is 37.3 Å².